The first-order valence-corrected chi connectivity index (χ1v) is 11.6. The number of phenolic OH excluding ortho intramolecular Hbond substituents is 4. The maximum atomic E-state index is 9.51. The van der Waals surface area contributed by atoms with Crippen molar-refractivity contribution in [2.45, 2.75) is 37.5 Å². The quantitative estimate of drug-likeness (QED) is 0.259. The molecule has 4 aromatic carbocycles. The Morgan fingerprint density at radius 2 is 0.706 bits per heavy atom. The standard InChI is InChI=1S/C18H20O2.2C6H6O/c19-16-8-4-14(5-9-16)18(12-2-1-3-13-18)15-6-10-17(20)11-7-15;2*7-6-4-2-1-3-5-6/h4-11,19-20H,1-3,12-13H2;2*1-5,7H. The molecular formula is C30H32O4. The zero-order chi connectivity index (χ0) is 24.2. The smallest absolute Gasteiger partial charge is 0.115 e. The molecule has 0 aliphatic heterocycles. The van der Waals surface area contributed by atoms with Gasteiger partial charge in [-0.15, -0.1) is 0 Å². The summed E-state index contributed by atoms with van der Waals surface area (Å²) >= 11 is 0. The Morgan fingerprint density at radius 3 is 1.00 bits per heavy atom. The lowest BCUT2D eigenvalue weighted by Gasteiger charge is -2.38. The summed E-state index contributed by atoms with van der Waals surface area (Å²) in [5.41, 5.74) is 2.56. The van der Waals surface area contributed by atoms with E-state index in [1.54, 1.807) is 72.8 Å². The molecule has 34 heavy (non-hydrogen) atoms. The van der Waals surface area contributed by atoms with Crippen LogP contribution in [0.3, 0.4) is 0 Å². The fourth-order valence-corrected chi connectivity index (χ4v) is 4.32. The molecular weight excluding hydrogens is 424 g/mol. The lowest BCUT2D eigenvalue weighted by Crippen LogP contribution is -2.30. The van der Waals surface area contributed by atoms with Crippen LogP contribution in [0.25, 0.3) is 0 Å². The van der Waals surface area contributed by atoms with Crippen LogP contribution < -0.4 is 0 Å². The summed E-state index contributed by atoms with van der Waals surface area (Å²) in [4.78, 5) is 0. The molecule has 0 atom stereocenters. The summed E-state index contributed by atoms with van der Waals surface area (Å²) in [6.45, 7) is 0. The van der Waals surface area contributed by atoms with Crippen LogP contribution in [0.2, 0.25) is 0 Å². The molecule has 0 unspecified atom stereocenters. The van der Waals surface area contributed by atoms with Gasteiger partial charge in [-0.25, -0.2) is 0 Å². The van der Waals surface area contributed by atoms with E-state index in [0.29, 0.717) is 23.0 Å². The Kier molecular flexibility index (Phi) is 8.98. The Morgan fingerprint density at radius 1 is 0.382 bits per heavy atom. The normalized spacial score (nSPS) is 14.0. The van der Waals surface area contributed by atoms with Gasteiger partial charge in [-0.2, -0.15) is 0 Å². The topological polar surface area (TPSA) is 80.9 Å². The van der Waals surface area contributed by atoms with Crippen LogP contribution >= 0.6 is 0 Å². The van der Waals surface area contributed by atoms with Crippen LogP contribution in [0.15, 0.2) is 109 Å². The molecule has 0 bridgehead atoms. The predicted molar refractivity (Wildman–Crippen MR) is 136 cm³/mol. The highest BCUT2D eigenvalue weighted by Gasteiger charge is 2.35. The third kappa shape index (κ3) is 7.04. The Balaban J connectivity index is 0.000000188. The Hall–Kier alpha value is -3.92. The van der Waals surface area contributed by atoms with E-state index in [1.807, 2.05) is 36.4 Å². The number of hydrogen-bond acceptors (Lipinski definition) is 4. The van der Waals surface area contributed by atoms with Crippen LogP contribution in [-0.4, -0.2) is 20.4 Å². The number of benzene rings is 4. The van der Waals surface area contributed by atoms with Gasteiger partial charge in [0.05, 0.1) is 0 Å². The van der Waals surface area contributed by atoms with Crippen LogP contribution in [0, 0.1) is 0 Å². The summed E-state index contributed by atoms with van der Waals surface area (Å²) in [6.07, 6.45) is 5.99. The third-order valence-corrected chi connectivity index (χ3v) is 6.06. The van der Waals surface area contributed by atoms with Gasteiger partial charge in [0.25, 0.3) is 0 Å². The largest absolute Gasteiger partial charge is 0.508 e. The number of rotatable bonds is 2. The number of para-hydroxylation sites is 2. The first kappa shape index (κ1) is 24.7. The molecule has 0 radical (unpaired) electrons. The summed E-state index contributed by atoms with van der Waals surface area (Å²) < 4.78 is 0. The molecule has 176 valence electrons. The number of phenols is 4. The van der Waals surface area contributed by atoms with Crippen LogP contribution in [0.5, 0.6) is 23.0 Å². The number of hydrogen-bond donors (Lipinski definition) is 4. The second kappa shape index (κ2) is 12.4. The van der Waals surface area contributed by atoms with Crippen molar-refractivity contribution < 1.29 is 20.4 Å². The molecule has 0 aromatic heterocycles. The summed E-state index contributed by atoms with van der Waals surface area (Å²) in [6, 6.07) is 32.6. The molecule has 1 saturated carbocycles. The fraction of sp³-hybridized carbons (Fsp3) is 0.200. The van der Waals surface area contributed by atoms with Gasteiger partial charge in [0.2, 0.25) is 0 Å². The lowest BCUT2D eigenvalue weighted by molar-refractivity contribution is 0.345. The minimum Gasteiger partial charge on any atom is -0.508 e. The summed E-state index contributed by atoms with van der Waals surface area (Å²) in [5, 5.41) is 36.3. The zero-order valence-electron chi connectivity index (χ0n) is 19.2. The van der Waals surface area contributed by atoms with E-state index in [-0.39, 0.29) is 5.41 Å². The summed E-state index contributed by atoms with van der Waals surface area (Å²) in [5.74, 6) is 1.26. The van der Waals surface area contributed by atoms with E-state index >= 15 is 0 Å². The molecule has 1 aliphatic carbocycles. The molecule has 0 amide bonds. The highest BCUT2D eigenvalue weighted by Crippen LogP contribution is 2.45. The molecule has 4 nitrogen and oxygen atoms in total. The van der Waals surface area contributed by atoms with E-state index in [1.165, 1.54) is 30.4 Å². The van der Waals surface area contributed by atoms with Crippen molar-refractivity contribution in [3.05, 3.63) is 120 Å². The molecule has 1 aliphatic rings. The van der Waals surface area contributed by atoms with E-state index in [2.05, 4.69) is 0 Å². The van der Waals surface area contributed by atoms with E-state index in [9.17, 15) is 10.2 Å². The maximum Gasteiger partial charge on any atom is 0.115 e. The molecule has 4 N–H and O–H groups in total. The Labute approximate surface area is 201 Å². The van der Waals surface area contributed by atoms with Crippen LogP contribution in [0.4, 0.5) is 0 Å². The zero-order valence-corrected chi connectivity index (χ0v) is 19.2. The SMILES string of the molecule is Oc1ccc(C2(c3ccc(O)cc3)CCCCC2)cc1.Oc1ccccc1.Oc1ccccc1. The fourth-order valence-electron chi connectivity index (χ4n) is 4.32. The first-order chi connectivity index (χ1) is 16.5. The minimum absolute atomic E-state index is 0.0274. The minimum atomic E-state index is 0.0274. The highest BCUT2D eigenvalue weighted by molar-refractivity contribution is 5.43. The van der Waals surface area contributed by atoms with Gasteiger partial charge in [0.1, 0.15) is 23.0 Å². The first-order valence-electron chi connectivity index (χ1n) is 11.6. The lowest BCUT2D eigenvalue weighted by atomic mass is 9.65. The van der Waals surface area contributed by atoms with E-state index in [4.69, 9.17) is 10.2 Å². The number of aromatic hydroxyl groups is 4. The molecule has 0 saturated heterocycles. The van der Waals surface area contributed by atoms with E-state index in [0.717, 1.165) is 12.8 Å². The van der Waals surface area contributed by atoms with Crippen molar-refractivity contribution in [1.82, 2.24) is 0 Å². The molecule has 0 heterocycles. The van der Waals surface area contributed by atoms with Gasteiger partial charge in [-0.1, -0.05) is 79.9 Å². The van der Waals surface area contributed by atoms with Gasteiger partial charge < -0.3 is 20.4 Å². The van der Waals surface area contributed by atoms with Crippen molar-refractivity contribution in [1.29, 1.82) is 0 Å². The molecule has 4 heteroatoms. The second-order valence-electron chi connectivity index (χ2n) is 8.41. The average Bonchev–Trinajstić information content (AvgIpc) is 2.87. The highest BCUT2D eigenvalue weighted by atomic mass is 16.3. The van der Waals surface area contributed by atoms with Gasteiger partial charge in [-0.3, -0.25) is 0 Å². The van der Waals surface area contributed by atoms with Gasteiger partial charge in [-0.05, 0) is 72.5 Å². The maximum absolute atomic E-state index is 9.51. The van der Waals surface area contributed by atoms with Crippen LogP contribution in [-0.2, 0) is 5.41 Å². The predicted octanol–water partition coefficient (Wildman–Crippen LogP) is 7.13. The monoisotopic (exact) mass is 456 g/mol. The van der Waals surface area contributed by atoms with E-state index < -0.39 is 0 Å². The van der Waals surface area contributed by atoms with Gasteiger partial charge in [0.15, 0.2) is 0 Å². The second-order valence-corrected chi connectivity index (χ2v) is 8.41. The van der Waals surface area contributed by atoms with Crippen molar-refractivity contribution in [3.8, 4) is 23.0 Å². The van der Waals surface area contributed by atoms with Crippen molar-refractivity contribution in [2.75, 3.05) is 0 Å². The third-order valence-electron chi connectivity index (χ3n) is 6.06. The van der Waals surface area contributed by atoms with Crippen molar-refractivity contribution in [3.63, 3.8) is 0 Å². The molecule has 0 spiro atoms. The molecule has 1 fully saturated rings. The average molecular weight is 457 g/mol. The molecule has 4 aromatic rings. The van der Waals surface area contributed by atoms with Crippen molar-refractivity contribution in [2.24, 2.45) is 0 Å². The van der Waals surface area contributed by atoms with Crippen LogP contribution in [0.1, 0.15) is 43.2 Å². The molecule has 5 rings (SSSR count). The van der Waals surface area contributed by atoms with Crippen molar-refractivity contribution >= 4 is 0 Å². The Bertz CT molecular complexity index is 1000. The summed E-state index contributed by atoms with van der Waals surface area (Å²) in [7, 11) is 0. The van der Waals surface area contributed by atoms with Gasteiger partial charge >= 0.3 is 0 Å². The van der Waals surface area contributed by atoms with Gasteiger partial charge in [0, 0.05) is 5.41 Å².